The van der Waals surface area contributed by atoms with Crippen LogP contribution in [0.3, 0.4) is 0 Å². The molecular weight excluding hydrogens is 468 g/mol. The van der Waals surface area contributed by atoms with Gasteiger partial charge >= 0.3 is 5.97 Å². The predicted octanol–water partition coefficient (Wildman–Crippen LogP) is 2.91. The number of hydrogen-bond donors (Lipinski definition) is 0. The van der Waals surface area contributed by atoms with Crippen molar-refractivity contribution in [1.29, 1.82) is 0 Å². The van der Waals surface area contributed by atoms with Gasteiger partial charge in [0.15, 0.2) is 0 Å². The lowest BCUT2D eigenvalue weighted by atomic mass is 10.1. The molecule has 0 aromatic heterocycles. The van der Waals surface area contributed by atoms with Crippen LogP contribution in [-0.4, -0.2) is 48.5 Å². The minimum absolute atomic E-state index is 0.000530. The fraction of sp³-hybridized carbons (Fsp3) is 0.227. The number of amides is 1. The molecule has 1 fully saturated rings. The number of para-hydroxylation sites is 1. The summed E-state index contributed by atoms with van der Waals surface area (Å²) >= 11 is 3.86. The number of ether oxygens (including phenoxy) is 2. The molecule has 1 saturated heterocycles. The highest BCUT2D eigenvalue weighted by Crippen LogP contribution is 2.30. The lowest BCUT2D eigenvalue weighted by Crippen LogP contribution is -2.65. The van der Waals surface area contributed by atoms with Crippen molar-refractivity contribution in [3.05, 3.63) is 82.9 Å². The van der Waals surface area contributed by atoms with Gasteiger partial charge in [-0.05, 0) is 59.3 Å². The fourth-order valence-electron chi connectivity index (χ4n) is 3.09. The minimum atomic E-state index is -1.48. The average Bonchev–Trinajstić information content (AvgIpc) is 2.80. The maximum Gasteiger partial charge on any atom is 0.338 e. The van der Waals surface area contributed by atoms with Gasteiger partial charge in [-0.3, -0.25) is 19.8 Å². The molecule has 1 heterocycles. The summed E-state index contributed by atoms with van der Waals surface area (Å²) < 4.78 is 23.5. The number of hydrogen-bond acceptors (Lipinski definition) is 8. The second-order valence-corrected chi connectivity index (χ2v) is 9.01. The minimum Gasteiger partial charge on any atom is -0.614 e. The Morgan fingerprint density at radius 2 is 1.94 bits per heavy atom. The van der Waals surface area contributed by atoms with Crippen LogP contribution < -0.4 is 4.74 Å². The average molecular weight is 489 g/mol. The lowest BCUT2D eigenvalue weighted by Gasteiger charge is -2.43. The maximum absolute atomic E-state index is 13.0. The Bertz CT molecular complexity index is 1050. The van der Waals surface area contributed by atoms with E-state index in [9.17, 15) is 24.3 Å². The molecule has 3 unspecified atom stereocenters. The van der Waals surface area contributed by atoms with E-state index >= 15 is 0 Å². The zero-order valence-electron chi connectivity index (χ0n) is 17.3. The molecule has 1 amide bonds. The molecule has 3 rings (SSSR count). The Labute approximate surface area is 198 Å². The van der Waals surface area contributed by atoms with Gasteiger partial charge in [-0.2, -0.15) is 0 Å². The molecule has 1 aliphatic heterocycles. The Kier molecular flexibility index (Phi) is 8.15. The monoisotopic (exact) mass is 488 g/mol. The third-order valence-electron chi connectivity index (χ3n) is 4.75. The Hall–Kier alpha value is -3.28. The molecule has 0 bridgehead atoms. The zero-order chi connectivity index (χ0) is 24.0. The molecule has 0 spiro atoms. The van der Waals surface area contributed by atoms with Crippen LogP contribution in [0.2, 0.25) is 0 Å². The topological polar surface area (TPSA) is 122 Å². The number of carbonyl (C=O) groups excluding carboxylic acids is 2. The summed E-state index contributed by atoms with van der Waals surface area (Å²) in [6.45, 7) is 3.35. The summed E-state index contributed by atoms with van der Waals surface area (Å²) in [6, 6.07) is 12.6. The third-order valence-corrected chi connectivity index (χ3v) is 6.62. The number of esters is 1. The number of thiocarbonyl (C=S) groups is 1. The SMILES string of the molecule is C=CC[S+]([O-])C1CC(=O)N1C(C(=O)OCc1ccc([N+](=O)[O-])cc1)C(=S)Oc1ccccc1. The maximum atomic E-state index is 13.0. The van der Waals surface area contributed by atoms with Gasteiger partial charge in [0.2, 0.25) is 22.4 Å². The molecule has 1 aliphatic rings. The lowest BCUT2D eigenvalue weighted by molar-refractivity contribution is -0.384. The van der Waals surface area contributed by atoms with Gasteiger partial charge in [0.25, 0.3) is 5.69 Å². The Morgan fingerprint density at radius 3 is 2.52 bits per heavy atom. The normalized spacial score (nSPS) is 16.8. The van der Waals surface area contributed by atoms with Gasteiger partial charge in [0.05, 0.1) is 11.3 Å². The smallest absolute Gasteiger partial charge is 0.338 e. The van der Waals surface area contributed by atoms with Crippen LogP contribution in [0, 0.1) is 10.1 Å². The highest BCUT2D eigenvalue weighted by molar-refractivity contribution is 7.92. The largest absolute Gasteiger partial charge is 0.614 e. The van der Waals surface area contributed by atoms with Gasteiger partial charge < -0.3 is 14.0 Å². The molecule has 11 heteroatoms. The van der Waals surface area contributed by atoms with Gasteiger partial charge in [-0.15, -0.1) is 0 Å². The van der Waals surface area contributed by atoms with Crippen LogP contribution in [0.25, 0.3) is 0 Å². The molecule has 2 aromatic rings. The highest BCUT2D eigenvalue weighted by atomic mass is 32.2. The van der Waals surface area contributed by atoms with E-state index in [2.05, 4.69) is 6.58 Å². The first kappa shape index (κ1) is 24.4. The summed E-state index contributed by atoms with van der Waals surface area (Å²) in [5.74, 6) is -0.755. The van der Waals surface area contributed by atoms with Crippen molar-refractivity contribution >= 4 is 46.0 Å². The Balaban J connectivity index is 1.78. The third kappa shape index (κ3) is 5.95. The first-order valence-corrected chi connectivity index (χ1v) is 11.6. The van der Waals surface area contributed by atoms with Crippen molar-refractivity contribution in [2.75, 3.05) is 5.75 Å². The highest BCUT2D eigenvalue weighted by Gasteiger charge is 2.52. The van der Waals surface area contributed by atoms with Crippen molar-refractivity contribution in [3.63, 3.8) is 0 Å². The quantitative estimate of drug-likeness (QED) is 0.0952. The van der Waals surface area contributed by atoms with E-state index in [0.29, 0.717) is 11.3 Å². The second kappa shape index (κ2) is 11.0. The second-order valence-electron chi connectivity index (χ2n) is 6.96. The number of nitro groups is 1. The van der Waals surface area contributed by atoms with Crippen molar-refractivity contribution < 1.29 is 28.5 Å². The van der Waals surface area contributed by atoms with Crippen LogP contribution in [0.4, 0.5) is 5.69 Å². The van der Waals surface area contributed by atoms with E-state index in [-0.39, 0.29) is 29.5 Å². The molecule has 172 valence electrons. The van der Waals surface area contributed by atoms with Gasteiger partial charge in [0, 0.05) is 12.1 Å². The number of non-ortho nitro benzene ring substituents is 1. The van der Waals surface area contributed by atoms with Crippen molar-refractivity contribution in [3.8, 4) is 5.75 Å². The van der Waals surface area contributed by atoms with E-state index in [1.54, 1.807) is 30.3 Å². The van der Waals surface area contributed by atoms with E-state index in [4.69, 9.17) is 21.7 Å². The predicted molar refractivity (Wildman–Crippen MR) is 125 cm³/mol. The molecule has 0 aliphatic carbocycles. The van der Waals surface area contributed by atoms with Gasteiger partial charge in [-0.25, -0.2) is 4.79 Å². The molecule has 3 atom stereocenters. The van der Waals surface area contributed by atoms with Crippen molar-refractivity contribution in [1.82, 2.24) is 4.90 Å². The first-order chi connectivity index (χ1) is 15.8. The summed E-state index contributed by atoms with van der Waals surface area (Å²) in [4.78, 5) is 36.8. The van der Waals surface area contributed by atoms with E-state index in [0.717, 1.165) is 4.90 Å². The molecule has 0 saturated carbocycles. The molecular formula is C22H20N2O7S2. The van der Waals surface area contributed by atoms with E-state index < -0.39 is 39.4 Å². The zero-order valence-corrected chi connectivity index (χ0v) is 19.0. The number of nitrogens with zero attached hydrogens (tertiary/aromatic N) is 2. The number of β-lactam (4-membered cyclic amide) rings is 1. The molecule has 33 heavy (non-hydrogen) atoms. The number of likely N-dealkylation sites (tertiary alicyclic amines) is 1. The van der Waals surface area contributed by atoms with Crippen LogP contribution in [0.5, 0.6) is 5.75 Å². The number of nitro benzene ring substituents is 1. The van der Waals surface area contributed by atoms with Crippen molar-refractivity contribution in [2.24, 2.45) is 0 Å². The number of benzene rings is 2. The number of rotatable bonds is 10. The summed E-state index contributed by atoms with van der Waals surface area (Å²) in [5.41, 5.74) is 0.406. The number of carbonyl (C=O) groups is 2. The molecule has 2 aromatic carbocycles. The Morgan fingerprint density at radius 1 is 1.27 bits per heavy atom. The summed E-state index contributed by atoms with van der Waals surface area (Å²) in [6.07, 6.45) is 1.47. The van der Waals surface area contributed by atoms with Gasteiger partial charge in [-0.1, -0.05) is 24.8 Å². The van der Waals surface area contributed by atoms with E-state index in [1.807, 2.05) is 0 Å². The van der Waals surface area contributed by atoms with E-state index in [1.165, 1.54) is 30.3 Å². The first-order valence-electron chi connectivity index (χ1n) is 9.77. The fourth-order valence-corrected chi connectivity index (χ4v) is 4.67. The van der Waals surface area contributed by atoms with Crippen LogP contribution in [-0.2, 0) is 32.1 Å². The summed E-state index contributed by atoms with van der Waals surface area (Å²) in [7, 11) is 0. The standard InChI is InChI=1S/C22H20N2O7S2/c1-2-12-33(29)19-13-18(25)23(19)20(22(32)31-17-6-4-3-5-7-17)21(26)30-14-15-8-10-16(11-9-15)24(27)28/h2-11,19-20H,1,12-14H2. The van der Waals surface area contributed by atoms with Crippen LogP contribution in [0.15, 0.2) is 67.3 Å². The van der Waals surface area contributed by atoms with Crippen LogP contribution in [0.1, 0.15) is 12.0 Å². The van der Waals surface area contributed by atoms with Crippen LogP contribution >= 0.6 is 12.2 Å². The molecule has 9 nitrogen and oxygen atoms in total. The molecule has 0 N–H and O–H groups in total. The molecule has 0 radical (unpaired) electrons. The van der Waals surface area contributed by atoms with Crippen molar-refractivity contribution in [2.45, 2.75) is 24.4 Å². The van der Waals surface area contributed by atoms with Gasteiger partial charge in [0.1, 0.15) is 18.1 Å². The summed E-state index contributed by atoms with van der Waals surface area (Å²) in [5, 5.41) is 9.84.